The Morgan fingerprint density at radius 1 is 1.21 bits per heavy atom. The van der Waals surface area contributed by atoms with Gasteiger partial charge in [0.15, 0.2) is 0 Å². The molecule has 1 N–H and O–H groups in total. The molecule has 190 valence electrons. The van der Waals surface area contributed by atoms with Crippen molar-refractivity contribution in [3.63, 3.8) is 0 Å². The van der Waals surface area contributed by atoms with Crippen LogP contribution < -0.4 is 5.32 Å². The van der Waals surface area contributed by atoms with Crippen LogP contribution in [-0.4, -0.2) is 60.6 Å². The van der Waals surface area contributed by atoms with Gasteiger partial charge in [0.05, 0.1) is 42.7 Å². The standard InChI is InChI=1S/C27H41NO6/c1-17(7-10-23-16-27(13-14-31-23)21(5)34-27)8-11-25-18(2)15-24(20(4)33-25)28-26(30)12-9-19(3)32-22(6)29/h7-10,12,18-21,23-25H,11,13-16H2,1-6H3,(H,28,30)/b10-7+,12-9-,17-8+/t18?,19?,20?,21?,23-,24?,25+,27?/m1/s1. The first-order valence-electron chi connectivity index (χ1n) is 12.5. The highest BCUT2D eigenvalue weighted by molar-refractivity contribution is 5.87. The SMILES string of the molecule is CC(=O)OC(C)/C=C\C(=O)NC1CC(C)[C@H](C/C=C(C)/C=C/[C@@H]2CC3(CCO2)OC3C)OC1C. The van der Waals surface area contributed by atoms with E-state index in [4.69, 9.17) is 18.9 Å². The Morgan fingerprint density at radius 2 is 1.94 bits per heavy atom. The quantitative estimate of drug-likeness (QED) is 0.247. The summed E-state index contributed by atoms with van der Waals surface area (Å²) in [4.78, 5) is 23.3. The Morgan fingerprint density at radius 3 is 2.62 bits per heavy atom. The minimum Gasteiger partial charge on any atom is -0.459 e. The van der Waals surface area contributed by atoms with E-state index in [9.17, 15) is 9.59 Å². The highest BCUT2D eigenvalue weighted by Gasteiger charge is 2.55. The second-order valence-corrected chi connectivity index (χ2v) is 10.1. The second kappa shape index (κ2) is 11.6. The molecule has 1 amide bonds. The third kappa shape index (κ3) is 7.52. The molecule has 0 aromatic rings. The number of carbonyl (C=O) groups is 2. The molecule has 0 bridgehead atoms. The molecule has 3 aliphatic rings. The van der Waals surface area contributed by atoms with Crippen LogP contribution in [0.15, 0.2) is 36.0 Å². The van der Waals surface area contributed by atoms with Gasteiger partial charge in [0, 0.05) is 25.8 Å². The summed E-state index contributed by atoms with van der Waals surface area (Å²) in [7, 11) is 0. The van der Waals surface area contributed by atoms with Gasteiger partial charge in [0.1, 0.15) is 6.10 Å². The van der Waals surface area contributed by atoms with E-state index in [-0.39, 0.29) is 41.8 Å². The van der Waals surface area contributed by atoms with Gasteiger partial charge in [-0.05, 0) is 52.5 Å². The number of nitrogens with one attached hydrogen (secondary N) is 1. The number of hydrogen-bond donors (Lipinski definition) is 1. The molecule has 0 saturated carbocycles. The lowest BCUT2D eigenvalue weighted by atomic mass is 9.88. The van der Waals surface area contributed by atoms with Crippen LogP contribution in [0.4, 0.5) is 0 Å². The van der Waals surface area contributed by atoms with Crippen molar-refractivity contribution in [2.45, 2.75) is 109 Å². The van der Waals surface area contributed by atoms with Crippen LogP contribution in [0.25, 0.3) is 0 Å². The maximum absolute atomic E-state index is 12.3. The fourth-order valence-electron chi connectivity index (χ4n) is 4.90. The largest absolute Gasteiger partial charge is 0.459 e. The molecular formula is C27H41NO6. The summed E-state index contributed by atoms with van der Waals surface area (Å²) in [5.74, 6) is -0.262. The van der Waals surface area contributed by atoms with Gasteiger partial charge in [0.25, 0.3) is 0 Å². The van der Waals surface area contributed by atoms with Crippen molar-refractivity contribution in [1.82, 2.24) is 5.32 Å². The molecule has 34 heavy (non-hydrogen) atoms. The summed E-state index contributed by atoms with van der Waals surface area (Å²) in [6, 6.07) is -0.0554. The maximum Gasteiger partial charge on any atom is 0.303 e. The van der Waals surface area contributed by atoms with Crippen LogP contribution in [-0.2, 0) is 28.5 Å². The predicted molar refractivity (Wildman–Crippen MR) is 130 cm³/mol. The van der Waals surface area contributed by atoms with E-state index in [1.165, 1.54) is 18.6 Å². The molecule has 0 aliphatic carbocycles. The summed E-state index contributed by atoms with van der Waals surface area (Å²) in [5.41, 5.74) is 1.24. The van der Waals surface area contributed by atoms with Crippen molar-refractivity contribution in [2.75, 3.05) is 6.61 Å². The molecule has 7 nitrogen and oxygen atoms in total. The van der Waals surface area contributed by atoms with Crippen molar-refractivity contribution < 1.29 is 28.5 Å². The summed E-state index contributed by atoms with van der Waals surface area (Å²) < 4.78 is 23.0. The van der Waals surface area contributed by atoms with Crippen LogP contribution in [0.2, 0.25) is 0 Å². The van der Waals surface area contributed by atoms with E-state index >= 15 is 0 Å². The van der Waals surface area contributed by atoms with Crippen molar-refractivity contribution in [1.29, 1.82) is 0 Å². The van der Waals surface area contributed by atoms with Gasteiger partial charge in [-0.1, -0.05) is 30.7 Å². The van der Waals surface area contributed by atoms with E-state index in [2.05, 4.69) is 44.3 Å². The number of ether oxygens (including phenoxy) is 4. The number of amides is 1. The topological polar surface area (TPSA) is 86.4 Å². The normalized spacial score (nSPS) is 37.2. The highest BCUT2D eigenvalue weighted by Crippen LogP contribution is 2.46. The van der Waals surface area contributed by atoms with Gasteiger partial charge in [-0.3, -0.25) is 9.59 Å². The van der Waals surface area contributed by atoms with Gasteiger partial charge in [-0.2, -0.15) is 0 Å². The molecule has 3 aliphatic heterocycles. The monoisotopic (exact) mass is 475 g/mol. The van der Waals surface area contributed by atoms with Crippen LogP contribution in [0.1, 0.15) is 67.2 Å². The predicted octanol–water partition coefficient (Wildman–Crippen LogP) is 4.02. The Kier molecular flexibility index (Phi) is 9.13. The summed E-state index contributed by atoms with van der Waals surface area (Å²) in [5, 5.41) is 3.02. The molecule has 1 spiro atoms. The van der Waals surface area contributed by atoms with E-state index in [0.29, 0.717) is 12.0 Å². The maximum atomic E-state index is 12.3. The summed E-state index contributed by atoms with van der Waals surface area (Å²) in [6.07, 6.45) is 13.2. The van der Waals surface area contributed by atoms with Crippen molar-refractivity contribution >= 4 is 11.9 Å². The molecule has 6 unspecified atom stereocenters. The zero-order valence-electron chi connectivity index (χ0n) is 21.4. The Labute approximate surface area is 203 Å². The molecule has 0 aromatic heterocycles. The third-order valence-corrected chi connectivity index (χ3v) is 7.16. The molecule has 3 heterocycles. The molecule has 7 heteroatoms. The fourth-order valence-corrected chi connectivity index (χ4v) is 4.90. The minimum atomic E-state index is -0.438. The van der Waals surface area contributed by atoms with Crippen molar-refractivity contribution in [3.05, 3.63) is 36.0 Å². The van der Waals surface area contributed by atoms with Crippen LogP contribution in [0.5, 0.6) is 0 Å². The number of allylic oxidation sites excluding steroid dienone is 2. The van der Waals surface area contributed by atoms with Gasteiger partial charge in [-0.25, -0.2) is 0 Å². The lowest BCUT2D eigenvalue weighted by Crippen LogP contribution is -2.50. The second-order valence-electron chi connectivity index (χ2n) is 10.1. The number of epoxide rings is 1. The fraction of sp³-hybridized carbons (Fsp3) is 0.704. The average molecular weight is 476 g/mol. The summed E-state index contributed by atoms with van der Waals surface area (Å²) in [6.45, 7) is 12.2. The first kappa shape index (κ1) is 26.6. The minimum absolute atomic E-state index is 0.0503. The van der Waals surface area contributed by atoms with Crippen LogP contribution in [0, 0.1) is 5.92 Å². The number of hydrogen-bond acceptors (Lipinski definition) is 6. The third-order valence-electron chi connectivity index (χ3n) is 7.16. The molecule has 3 rings (SSSR count). The summed E-state index contributed by atoms with van der Waals surface area (Å²) >= 11 is 0. The number of carbonyl (C=O) groups excluding carboxylic acids is 2. The molecule has 3 fully saturated rings. The molecule has 3 saturated heterocycles. The van der Waals surface area contributed by atoms with E-state index in [1.807, 2.05) is 6.92 Å². The molecule has 8 atom stereocenters. The zero-order chi connectivity index (χ0) is 24.9. The first-order chi connectivity index (χ1) is 16.1. The average Bonchev–Trinajstić information content (AvgIpc) is 3.38. The van der Waals surface area contributed by atoms with E-state index in [1.54, 1.807) is 13.0 Å². The Balaban J connectivity index is 1.43. The molecular weight excluding hydrogens is 434 g/mol. The highest BCUT2D eigenvalue weighted by atomic mass is 16.6. The van der Waals surface area contributed by atoms with E-state index < -0.39 is 6.10 Å². The van der Waals surface area contributed by atoms with Gasteiger partial charge in [-0.15, -0.1) is 0 Å². The smallest absolute Gasteiger partial charge is 0.303 e. The van der Waals surface area contributed by atoms with Crippen LogP contribution >= 0.6 is 0 Å². The van der Waals surface area contributed by atoms with Crippen molar-refractivity contribution in [3.8, 4) is 0 Å². The zero-order valence-corrected chi connectivity index (χ0v) is 21.4. The lowest BCUT2D eigenvalue weighted by molar-refractivity contribution is -0.143. The lowest BCUT2D eigenvalue weighted by Gasteiger charge is -2.39. The Bertz CT molecular complexity index is 820. The van der Waals surface area contributed by atoms with Gasteiger partial charge < -0.3 is 24.3 Å². The van der Waals surface area contributed by atoms with E-state index in [0.717, 1.165) is 32.3 Å². The van der Waals surface area contributed by atoms with Gasteiger partial charge >= 0.3 is 5.97 Å². The first-order valence-corrected chi connectivity index (χ1v) is 12.5. The van der Waals surface area contributed by atoms with Crippen molar-refractivity contribution in [2.24, 2.45) is 5.92 Å². The molecule has 0 aromatic carbocycles. The Hall–Kier alpha value is -1.96. The van der Waals surface area contributed by atoms with Crippen LogP contribution in [0.3, 0.4) is 0 Å². The number of esters is 1. The van der Waals surface area contributed by atoms with Gasteiger partial charge in [0.2, 0.25) is 5.91 Å². The molecule has 0 radical (unpaired) electrons. The number of rotatable bonds is 8.